The van der Waals surface area contributed by atoms with Crippen LogP contribution in [0.5, 0.6) is 5.75 Å². The zero-order valence-electron chi connectivity index (χ0n) is 15.0. The normalized spacial score (nSPS) is 29.5. The number of methoxy groups -OCH3 is 1. The predicted molar refractivity (Wildman–Crippen MR) is 95.8 cm³/mol. The number of para-hydroxylation sites is 1. The van der Waals surface area contributed by atoms with Gasteiger partial charge in [0.1, 0.15) is 5.75 Å². The average Bonchev–Trinajstić information content (AvgIpc) is 2.61. The predicted octanol–water partition coefficient (Wildman–Crippen LogP) is 0.996. The molecule has 2 fully saturated rings. The van der Waals surface area contributed by atoms with Crippen LogP contribution in [0.1, 0.15) is 25.5 Å². The molecule has 3 unspecified atom stereocenters. The van der Waals surface area contributed by atoms with Crippen LogP contribution < -0.4 is 10.1 Å². The fourth-order valence-electron chi connectivity index (χ4n) is 3.64. The van der Waals surface area contributed by atoms with Crippen molar-refractivity contribution >= 4 is 10.2 Å². The standard InChI is InChI=1S/C17H27N3O4S/c1-13-11-19(12-14(2)24-13)25(21,22)20-9-8-18-10-16(20)15-6-4-5-7-17(15)23-3/h4-7,13-14,16,18H,8-12H2,1-3H3. The summed E-state index contributed by atoms with van der Waals surface area (Å²) in [7, 11) is -1.97. The molecule has 0 amide bonds. The summed E-state index contributed by atoms with van der Waals surface area (Å²) in [5.41, 5.74) is 0.884. The molecule has 3 rings (SSSR count). The van der Waals surface area contributed by atoms with Crippen LogP contribution in [0.4, 0.5) is 0 Å². The number of hydrogen-bond acceptors (Lipinski definition) is 5. The Kier molecular flexibility index (Phi) is 5.65. The maximum Gasteiger partial charge on any atom is 0.282 e. The van der Waals surface area contributed by atoms with Crippen molar-refractivity contribution in [2.45, 2.75) is 32.1 Å². The Morgan fingerprint density at radius 2 is 1.88 bits per heavy atom. The van der Waals surface area contributed by atoms with Crippen LogP contribution in [-0.2, 0) is 14.9 Å². The first-order chi connectivity index (χ1) is 11.9. The van der Waals surface area contributed by atoms with Gasteiger partial charge in [-0.2, -0.15) is 17.0 Å². The van der Waals surface area contributed by atoms with Crippen LogP contribution in [0.2, 0.25) is 0 Å². The number of hydrogen-bond donors (Lipinski definition) is 1. The second kappa shape index (κ2) is 7.59. The molecule has 140 valence electrons. The van der Waals surface area contributed by atoms with Gasteiger partial charge < -0.3 is 14.8 Å². The topological polar surface area (TPSA) is 71.1 Å². The number of morpholine rings is 1. The van der Waals surface area contributed by atoms with Crippen molar-refractivity contribution in [2.75, 3.05) is 39.8 Å². The largest absolute Gasteiger partial charge is 0.496 e. The van der Waals surface area contributed by atoms with E-state index < -0.39 is 10.2 Å². The number of nitrogens with one attached hydrogen (secondary N) is 1. The van der Waals surface area contributed by atoms with Gasteiger partial charge in [-0.3, -0.25) is 0 Å². The molecule has 0 radical (unpaired) electrons. The van der Waals surface area contributed by atoms with Crippen LogP contribution in [-0.4, -0.2) is 69.1 Å². The summed E-state index contributed by atoms with van der Waals surface area (Å²) < 4.78 is 41.0. The molecule has 0 spiro atoms. The molecule has 8 heteroatoms. The molecule has 2 saturated heterocycles. The molecule has 1 aromatic rings. The third-order valence-corrected chi connectivity index (χ3v) is 6.68. The van der Waals surface area contributed by atoms with Crippen LogP contribution in [0.15, 0.2) is 24.3 Å². The van der Waals surface area contributed by atoms with E-state index in [4.69, 9.17) is 9.47 Å². The number of benzene rings is 1. The highest BCUT2D eigenvalue weighted by atomic mass is 32.2. The molecule has 2 aliphatic heterocycles. The van der Waals surface area contributed by atoms with E-state index in [2.05, 4.69) is 5.32 Å². The van der Waals surface area contributed by atoms with Crippen LogP contribution in [0, 0.1) is 0 Å². The monoisotopic (exact) mass is 369 g/mol. The van der Waals surface area contributed by atoms with E-state index in [-0.39, 0.29) is 18.2 Å². The number of rotatable bonds is 4. The van der Waals surface area contributed by atoms with Gasteiger partial charge in [-0.1, -0.05) is 18.2 Å². The van der Waals surface area contributed by atoms with Gasteiger partial charge in [0, 0.05) is 38.3 Å². The van der Waals surface area contributed by atoms with E-state index in [0.29, 0.717) is 38.5 Å². The van der Waals surface area contributed by atoms with Crippen molar-refractivity contribution in [3.05, 3.63) is 29.8 Å². The van der Waals surface area contributed by atoms with Gasteiger partial charge in [-0.05, 0) is 19.9 Å². The van der Waals surface area contributed by atoms with Crippen molar-refractivity contribution in [2.24, 2.45) is 0 Å². The lowest BCUT2D eigenvalue weighted by atomic mass is 10.0. The highest BCUT2D eigenvalue weighted by Gasteiger charge is 2.40. The van der Waals surface area contributed by atoms with Gasteiger partial charge in [-0.15, -0.1) is 0 Å². The lowest BCUT2D eigenvalue weighted by molar-refractivity contribution is -0.0459. The zero-order valence-corrected chi connectivity index (χ0v) is 15.8. The van der Waals surface area contributed by atoms with E-state index in [9.17, 15) is 8.42 Å². The van der Waals surface area contributed by atoms with Crippen LogP contribution in [0.3, 0.4) is 0 Å². The first kappa shape index (κ1) is 18.6. The summed E-state index contributed by atoms with van der Waals surface area (Å²) >= 11 is 0. The Morgan fingerprint density at radius 3 is 2.56 bits per heavy atom. The van der Waals surface area contributed by atoms with E-state index in [0.717, 1.165) is 5.56 Å². The van der Waals surface area contributed by atoms with Crippen molar-refractivity contribution < 1.29 is 17.9 Å². The second-order valence-corrected chi connectivity index (χ2v) is 8.54. The van der Waals surface area contributed by atoms with Gasteiger partial charge in [-0.25, -0.2) is 0 Å². The molecule has 0 aliphatic carbocycles. The summed E-state index contributed by atoms with van der Waals surface area (Å²) in [6, 6.07) is 7.32. The molecule has 3 atom stereocenters. The van der Waals surface area contributed by atoms with Gasteiger partial charge in [0.15, 0.2) is 0 Å². The summed E-state index contributed by atoms with van der Waals surface area (Å²) in [4.78, 5) is 0. The molecular weight excluding hydrogens is 342 g/mol. The molecule has 2 aliphatic rings. The Balaban J connectivity index is 1.92. The molecule has 1 aromatic carbocycles. The highest BCUT2D eigenvalue weighted by Crippen LogP contribution is 2.33. The quantitative estimate of drug-likeness (QED) is 0.857. The molecule has 1 N–H and O–H groups in total. The maximum absolute atomic E-state index is 13.3. The van der Waals surface area contributed by atoms with Gasteiger partial charge >= 0.3 is 0 Å². The van der Waals surface area contributed by atoms with Crippen molar-refractivity contribution in [1.82, 2.24) is 13.9 Å². The van der Waals surface area contributed by atoms with E-state index in [1.807, 2.05) is 38.1 Å². The minimum Gasteiger partial charge on any atom is -0.496 e. The van der Waals surface area contributed by atoms with Crippen LogP contribution >= 0.6 is 0 Å². The number of ether oxygens (including phenoxy) is 2. The van der Waals surface area contributed by atoms with Gasteiger partial charge in [0.05, 0.1) is 25.4 Å². The molecule has 7 nitrogen and oxygen atoms in total. The summed E-state index contributed by atoms with van der Waals surface area (Å²) in [6.07, 6.45) is -0.211. The van der Waals surface area contributed by atoms with Crippen LogP contribution in [0.25, 0.3) is 0 Å². The Bertz CT molecular complexity index is 687. The number of nitrogens with zero attached hydrogens (tertiary/aromatic N) is 2. The summed E-state index contributed by atoms with van der Waals surface area (Å²) in [5.74, 6) is 0.708. The minimum atomic E-state index is -3.58. The Morgan fingerprint density at radius 1 is 1.20 bits per heavy atom. The van der Waals surface area contributed by atoms with E-state index in [1.165, 1.54) is 0 Å². The Hall–Kier alpha value is -1.19. The third kappa shape index (κ3) is 3.83. The number of piperazine rings is 1. The lowest BCUT2D eigenvalue weighted by Crippen LogP contribution is -2.57. The molecule has 2 heterocycles. The maximum atomic E-state index is 13.3. The smallest absolute Gasteiger partial charge is 0.282 e. The van der Waals surface area contributed by atoms with E-state index >= 15 is 0 Å². The Labute approximate surface area is 150 Å². The van der Waals surface area contributed by atoms with Gasteiger partial charge in [0.25, 0.3) is 10.2 Å². The van der Waals surface area contributed by atoms with E-state index in [1.54, 1.807) is 15.7 Å². The second-order valence-electron chi connectivity index (χ2n) is 6.65. The zero-order chi connectivity index (χ0) is 18.0. The fourth-order valence-corrected chi connectivity index (χ4v) is 5.56. The third-order valence-electron chi connectivity index (χ3n) is 4.70. The molecule has 25 heavy (non-hydrogen) atoms. The molecule has 0 aromatic heterocycles. The van der Waals surface area contributed by atoms with Gasteiger partial charge in [0.2, 0.25) is 0 Å². The fraction of sp³-hybridized carbons (Fsp3) is 0.647. The minimum absolute atomic E-state index is 0.105. The first-order valence-electron chi connectivity index (χ1n) is 8.69. The molecule has 0 bridgehead atoms. The van der Waals surface area contributed by atoms with Crippen molar-refractivity contribution in [3.63, 3.8) is 0 Å². The lowest BCUT2D eigenvalue weighted by Gasteiger charge is -2.42. The average molecular weight is 369 g/mol. The highest BCUT2D eigenvalue weighted by molar-refractivity contribution is 7.86. The van der Waals surface area contributed by atoms with Crippen molar-refractivity contribution in [1.29, 1.82) is 0 Å². The summed E-state index contributed by atoms with van der Waals surface area (Å²) in [5, 5.41) is 3.30. The molecule has 0 saturated carbocycles. The first-order valence-corrected chi connectivity index (χ1v) is 10.1. The molecular formula is C17H27N3O4S. The van der Waals surface area contributed by atoms with Crippen molar-refractivity contribution in [3.8, 4) is 5.75 Å². The summed E-state index contributed by atoms with van der Waals surface area (Å²) in [6.45, 7) is 6.23. The SMILES string of the molecule is COc1ccccc1C1CNCCN1S(=O)(=O)N1CC(C)OC(C)C1.